The van der Waals surface area contributed by atoms with Crippen molar-refractivity contribution < 1.29 is 4.74 Å². The number of aromatic nitrogens is 1. The van der Waals surface area contributed by atoms with Gasteiger partial charge in [0.15, 0.2) is 0 Å². The van der Waals surface area contributed by atoms with Crippen molar-refractivity contribution in [2.75, 3.05) is 13.7 Å². The fourth-order valence-electron chi connectivity index (χ4n) is 1.97. The summed E-state index contributed by atoms with van der Waals surface area (Å²) in [6.07, 6.45) is 4.67. The van der Waals surface area contributed by atoms with Crippen molar-refractivity contribution in [1.29, 1.82) is 0 Å². The van der Waals surface area contributed by atoms with Gasteiger partial charge in [0.05, 0.1) is 18.8 Å². The molecule has 1 unspecified atom stereocenters. The third kappa shape index (κ3) is 3.55. The van der Waals surface area contributed by atoms with Gasteiger partial charge in [0.2, 0.25) is 0 Å². The Morgan fingerprint density at radius 1 is 1.37 bits per heavy atom. The molecule has 2 aromatic rings. The zero-order chi connectivity index (χ0) is 13.7. The van der Waals surface area contributed by atoms with E-state index < -0.39 is 0 Å². The van der Waals surface area contributed by atoms with Crippen LogP contribution >= 0.6 is 11.3 Å². The van der Waals surface area contributed by atoms with Gasteiger partial charge < -0.3 is 10.1 Å². The molecule has 0 aliphatic carbocycles. The summed E-state index contributed by atoms with van der Waals surface area (Å²) < 4.78 is 5.64. The highest BCUT2D eigenvalue weighted by Crippen LogP contribution is 2.29. The van der Waals surface area contributed by atoms with Crippen LogP contribution in [0.5, 0.6) is 5.75 Å². The van der Waals surface area contributed by atoms with Gasteiger partial charge in [0.25, 0.3) is 0 Å². The molecule has 0 spiro atoms. The van der Waals surface area contributed by atoms with Crippen LogP contribution in [0, 0.1) is 6.92 Å². The van der Waals surface area contributed by atoms with Crippen molar-refractivity contribution in [3.63, 3.8) is 0 Å². The van der Waals surface area contributed by atoms with Crippen molar-refractivity contribution in [3.8, 4) is 5.75 Å². The summed E-state index contributed by atoms with van der Waals surface area (Å²) in [6, 6.07) is 6.56. The molecule has 0 bridgehead atoms. The second-order valence-corrected chi connectivity index (χ2v) is 5.79. The van der Waals surface area contributed by atoms with Crippen LogP contribution in [0.15, 0.2) is 30.6 Å². The van der Waals surface area contributed by atoms with E-state index in [0.29, 0.717) is 0 Å². The van der Waals surface area contributed by atoms with Gasteiger partial charge in [-0.05, 0) is 44.2 Å². The summed E-state index contributed by atoms with van der Waals surface area (Å²) in [4.78, 5) is 6.90. The van der Waals surface area contributed by atoms with E-state index in [9.17, 15) is 0 Å². The molecule has 1 N–H and O–H groups in total. The molecular weight excluding hydrogens is 256 g/mol. The van der Waals surface area contributed by atoms with Crippen molar-refractivity contribution in [2.45, 2.75) is 26.3 Å². The molecule has 3 nitrogen and oxygen atoms in total. The lowest BCUT2D eigenvalue weighted by atomic mass is 10.1. The van der Waals surface area contributed by atoms with Crippen molar-refractivity contribution in [2.24, 2.45) is 0 Å². The number of ether oxygens (including phenoxy) is 1. The summed E-state index contributed by atoms with van der Waals surface area (Å²) in [5, 5.41) is 3.35. The van der Waals surface area contributed by atoms with Crippen LogP contribution in [-0.2, 0) is 0 Å². The number of thiophene rings is 1. The second kappa shape index (κ2) is 6.68. The Morgan fingerprint density at radius 3 is 2.84 bits per heavy atom. The summed E-state index contributed by atoms with van der Waals surface area (Å²) in [6.45, 7) is 4.95. The van der Waals surface area contributed by atoms with Gasteiger partial charge in [-0.15, -0.1) is 11.3 Å². The van der Waals surface area contributed by atoms with E-state index >= 15 is 0 Å². The number of aryl methyl sites for hydroxylation is 1. The molecule has 0 saturated carbocycles. The van der Waals surface area contributed by atoms with Gasteiger partial charge in [-0.3, -0.25) is 4.98 Å². The first-order valence-corrected chi connectivity index (χ1v) is 7.37. The van der Waals surface area contributed by atoms with Gasteiger partial charge in [-0.2, -0.15) is 0 Å². The maximum atomic E-state index is 5.64. The van der Waals surface area contributed by atoms with Crippen LogP contribution < -0.4 is 10.1 Å². The lowest BCUT2D eigenvalue weighted by molar-refractivity contribution is 0.315. The van der Waals surface area contributed by atoms with E-state index in [2.05, 4.69) is 42.3 Å². The van der Waals surface area contributed by atoms with E-state index in [1.54, 1.807) is 6.20 Å². The molecule has 0 saturated heterocycles. The summed E-state index contributed by atoms with van der Waals surface area (Å²) >= 11 is 1.81. The van der Waals surface area contributed by atoms with Gasteiger partial charge >= 0.3 is 0 Å². The number of pyridine rings is 1. The molecule has 102 valence electrons. The molecule has 0 aliphatic rings. The average molecular weight is 276 g/mol. The van der Waals surface area contributed by atoms with E-state index in [1.165, 1.54) is 9.75 Å². The van der Waals surface area contributed by atoms with Gasteiger partial charge in [-0.25, -0.2) is 0 Å². The number of rotatable bonds is 6. The Balaban J connectivity index is 2.23. The molecule has 0 aliphatic heterocycles. The minimum atomic E-state index is 0.177. The number of nitrogens with zero attached hydrogens (tertiary/aromatic N) is 1. The summed E-state index contributed by atoms with van der Waals surface area (Å²) in [7, 11) is 1.97. The third-order valence-corrected chi connectivity index (χ3v) is 3.94. The highest BCUT2D eigenvalue weighted by atomic mass is 32.1. The fourth-order valence-corrected chi connectivity index (χ4v) is 2.99. The molecule has 4 heteroatoms. The van der Waals surface area contributed by atoms with Crippen molar-refractivity contribution in [3.05, 3.63) is 45.9 Å². The second-order valence-electron chi connectivity index (χ2n) is 4.47. The normalized spacial score (nSPS) is 12.4. The summed E-state index contributed by atoms with van der Waals surface area (Å²) in [5.74, 6) is 0.841. The largest absolute Gasteiger partial charge is 0.492 e. The van der Waals surface area contributed by atoms with Crippen LogP contribution in [0.25, 0.3) is 0 Å². The first-order chi connectivity index (χ1) is 9.24. The maximum Gasteiger partial charge on any atom is 0.137 e. The number of hydrogen-bond acceptors (Lipinski definition) is 4. The molecule has 0 fully saturated rings. The van der Waals surface area contributed by atoms with E-state index in [0.717, 1.165) is 24.3 Å². The molecule has 2 rings (SSSR count). The average Bonchev–Trinajstić information content (AvgIpc) is 2.84. The Hall–Kier alpha value is -1.39. The predicted octanol–water partition coefficient (Wildman–Crippen LogP) is 3.55. The SMILES string of the molecule is CCCOc1cncc(C(NC)c2ccc(C)s2)c1. The van der Waals surface area contributed by atoms with Crippen LogP contribution in [0.2, 0.25) is 0 Å². The monoisotopic (exact) mass is 276 g/mol. The van der Waals surface area contributed by atoms with Crippen LogP contribution in [0.3, 0.4) is 0 Å². The van der Waals surface area contributed by atoms with E-state index in [4.69, 9.17) is 4.74 Å². The van der Waals surface area contributed by atoms with E-state index in [1.807, 2.05) is 24.6 Å². The Bertz CT molecular complexity index is 524. The molecule has 1 atom stereocenters. The Kier molecular flexibility index (Phi) is 4.93. The lowest BCUT2D eigenvalue weighted by Gasteiger charge is -2.15. The van der Waals surface area contributed by atoms with Gasteiger partial charge in [0, 0.05) is 16.0 Å². The van der Waals surface area contributed by atoms with Gasteiger partial charge in [0.1, 0.15) is 5.75 Å². The van der Waals surface area contributed by atoms with Crippen molar-refractivity contribution in [1.82, 2.24) is 10.3 Å². The smallest absolute Gasteiger partial charge is 0.137 e. The van der Waals surface area contributed by atoms with Crippen LogP contribution in [0.4, 0.5) is 0 Å². The molecule has 0 amide bonds. The lowest BCUT2D eigenvalue weighted by Crippen LogP contribution is -2.16. The molecule has 2 aromatic heterocycles. The first kappa shape index (κ1) is 14.0. The quantitative estimate of drug-likeness (QED) is 0.876. The van der Waals surface area contributed by atoms with Crippen molar-refractivity contribution >= 4 is 11.3 Å². The maximum absolute atomic E-state index is 5.64. The zero-order valence-electron chi connectivity index (χ0n) is 11.6. The molecule has 0 aromatic carbocycles. The highest BCUT2D eigenvalue weighted by molar-refractivity contribution is 7.12. The molecule has 19 heavy (non-hydrogen) atoms. The highest BCUT2D eigenvalue weighted by Gasteiger charge is 2.14. The molecule has 2 heterocycles. The minimum absolute atomic E-state index is 0.177. The van der Waals surface area contributed by atoms with Crippen LogP contribution in [0.1, 0.15) is 34.7 Å². The minimum Gasteiger partial charge on any atom is -0.492 e. The zero-order valence-corrected chi connectivity index (χ0v) is 12.5. The molecule has 0 radical (unpaired) electrons. The number of nitrogens with one attached hydrogen (secondary N) is 1. The fraction of sp³-hybridized carbons (Fsp3) is 0.400. The number of hydrogen-bond donors (Lipinski definition) is 1. The van der Waals surface area contributed by atoms with Gasteiger partial charge in [-0.1, -0.05) is 6.92 Å². The standard InChI is InChI=1S/C15H20N2OS/c1-4-7-18-13-8-12(9-17-10-13)15(16-3)14-6-5-11(2)19-14/h5-6,8-10,15-16H,4,7H2,1-3H3. The third-order valence-electron chi connectivity index (χ3n) is 2.87. The van der Waals surface area contributed by atoms with Crippen LogP contribution in [-0.4, -0.2) is 18.6 Å². The molecular formula is C15H20N2OS. The Morgan fingerprint density at radius 2 is 2.21 bits per heavy atom. The predicted molar refractivity (Wildman–Crippen MR) is 80.0 cm³/mol. The summed E-state index contributed by atoms with van der Waals surface area (Å²) in [5.41, 5.74) is 1.14. The first-order valence-electron chi connectivity index (χ1n) is 6.56. The topological polar surface area (TPSA) is 34.1 Å². The van der Waals surface area contributed by atoms with E-state index in [-0.39, 0.29) is 6.04 Å². The Labute approximate surface area is 118 Å².